The van der Waals surface area contributed by atoms with Crippen LogP contribution in [0.1, 0.15) is 59.3 Å². The molecular weight excluding hydrogens is 636 g/mol. The number of carboxylic acids is 1. The van der Waals surface area contributed by atoms with Gasteiger partial charge in [-0.3, -0.25) is 28.8 Å². The fourth-order valence-electron chi connectivity index (χ4n) is 4.89. The Labute approximate surface area is 278 Å². The van der Waals surface area contributed by atoms with Crippen molar-refractivity contribution in [3.8, 4) is 0 Å². The molecule has 1 heterocycles. The van der Waals surface area contributed by atoms with Gasteiger partial charge in [0, 0.05) is 6.54 Å². The number of amides is 6. The third-order valence-corrected chi connectivity index (χ3v) is 8.04. The molecule has 0 aromatic carbocycles. The van der Waals surface area contributed by atoms with Gasteiger partial charge in [0.2, 0.25) is 35.4 Å². The number of carbonyl (C=O) groups is 7. The second-order valence-corrected chi connectivity index (χ2v) is 11.8. The first-order valence-electron chi connectivity index (χ1n) is 16.0. The second kappa shape index (κ2) is 21.1. The van der Waals surface area contributed by atoms with E-state index >= 15 is 0 Å². The maximum atomic E-state index is 13.8. The van der Waals surface area contributed by atoms with Crippen LogP contribution in [0.4, 0.5) is 0 Å². The van der Waals surface area contributed by atoms with Gasteiger partial charge < -0.3 is 63.4 Å². The first-order valence-corrected chi connectivity index (χ1v) is 16.0. The number of unbranched alkanes of at least 4 members (excludes halogenated alkanes) is 1. The van der Waals surface area contributed by atoms with Crippen LogP contribution in [-0.4, -0.2) is 142 Å². The Balaban J connectivity index is 3.15. The van der Waals surface area contributed by atoms with Gasteiger partial charge in [-0.1, -0.05) is 20.3 Å². The zero-order valence-electron chi connectivity index (χ0n) is 27.6. The molecule has 0 saturated carbocycles. The number of nitrogens with zero attached hydrogens (tertiary/aromatic N) is 1. The van der Waals surface area contributed by atoms with E-state index < -0.39 is 109 Å². The predicted octanol–water partition coefficient (Wildman–Crippen LogP) is -5.01. The maximum absolute atomic E-state index is 13.8. The largest absolute Gasteiger partial charge is 0.480 e. The van der Waals surface area contributed by atoms with Gasteiger partial charge in [0.05, 0.1) is 25.9 Å². The molecule has 8 atom stereocenters. The topological polar surface area (TPSA) is 316 Å². The Morgan fingerprint density at radius 2 is 1.29 bits per heavy atom. The lowest BCUT2D eigenvalue weighted by Crippen LogP contribution is -2.61. The lowest BCUT2D eigenvalue weighted by Gasteiger charge is -2.31. The van der Waals surface area contributed by atoms with E-state index in [2.05, 4.69) is 26.6 Å². The van der Waals surface area contributed by atoms with Crippen molar-refractivity contribution in [2.45, 2.75) is 102 Å². The highest BCUT2D eigenvalue weighted by Gasteiger charge is 2.40. The summed E-state index contributed by atoms with van der Waals surface area (Å²) in [6.45, 7) is 2.65. The van der Waals surface area contributed by atoms with E-state index in [1.165, 1.54) is 11.8 Å². The molecule has 1 aliphatic rings. The fourth-order valence-corrected chi connectivity index (χ4v) is 4.89. The van der Waals surface area contributed by atoms with Gasteiger partial charge in [-0.2, -0.15) is 0 Å². The summed E-state index contributed by atoms with van der Waals surface area (Å²) in [7, 11) is 0. The highest BCUT2D eigenvalue weighted by Crippen LogP contribution is 2.21. The third-order valence-electron chi connectivity index (χ3n) is 8.04. The minimum atomic E-state index is -1.58. The summed E-state index contributed by atoms with van der Waals surface area (Å²) in [5.74, 6) is -6.70. The number of carboxylic acid groups (broad SMARTS) is 1. The average Bonchev–Trinajstić information content (AvgIpc) is 3.55. The van der Waals surface area contributed by atoms with Crippen molar-refractivity contribution in [3.63, 3.8) is 0 Å². The summed E-state index contributed by atoms with van der Waals surface area (Å²) in [6, 6.07) is -9.05. The van der Waals surface area contributed by atoms with Gasteiger partial charge in [-0.15, -0.1) is 0 Å². The van der Waals surface area contributed by atoms with Gasteiger partial charge in [0.1, 0.15) is 36.3 Å². The van der Waals surface area contributed by atoms with E-state index in [9.17, 15) is 54.0 Å². The number of aliphatic carboxylic acids is 1. The molecule has 0 unspecified atom stereocenters. The van der Waals surface area contributed by atoms with Gasteiger partial charge in [-0.25, -0.2) is 4.79 Å². The molecule has 19 nitrogen and oxygen atoms in total. The van der Waals surface area contributed by atoms with Crippen molar-refractivity contribution in [3.05, 3.63) is 0 Å². The van der Waals surface area contributed by atoms with Crippen LogP contribution in [0.5, 0.6) is 0 Å². The molecule has 13 N–H and O–H groups in total. The molecule has 1 aliphatic heterocycles. The summed E-state index contributed by atoms with van der Waals surface area (Å²) >= 11 is 0. The Morgan fingerprint density at radius 1 is 0.771 bits per heavy atom. The average molecular weight is 689 g/mol. The first-order chi connectivity index (χ1) is 22.7. The summed E-state index contributed by atoms with van der Waals surface area (Å²) < 4.78 is 0. The molecule has 0 radical (unpaired) electrons. The van der Waals surface area contributed by atoms with Crippen molar-refractivity contribution >= 4 is 41.4 Å². The van der Waals surface area contributed by atoms with Crippen LogP contribution in [0, 0.1) is 5.92 Å². The van der Waals surface area contributed by atoms with E-state index in [-0.39, 0.29) is 19.4 Å². The van der Waals surface area contributed by atoms with Gasteiger partial charge in [0.25, 0.3) is 0 Å². The molecule has 0 spiro atoms. The molecule has 274 valence electrons. The van der Waals surface area contributed by atoms with Crippen LogP contribution < -0.4 is 38.1 Å². The van der Waals surface area contributed by atoms with Crippen molar-refractivity contribution in [1.29, 1.82) is 0 Å². The standard InChI is InChI=1S/C29H52N8O11/c1-4-15(2)22(27(45)35-20(14-40)29(47)48)36-26(44)21-9-7-11-37(21)28(46)17(8-5-6-10-30)32-24(42)19(13-39)34-25(43)18(12-38)33-23(41)16(3)31/h15-22,38-40H,4-14,30-31H2,1-3H3,(H,32,42)(H,33,41)(H,34,43)(H,35,45)(H,36,44)(H,47,48)/t15-,16-,17-,18-,19-,20-,21-,22-/m0/s1. The van der Waals surface area contributed by atoms with E-state index in [1.807, 2.05) is 0 Å². The van der Waals surface area contributed by atoms with Crippen LogP contribution in [0.15, 0.2) is 0 Å². The molecule has 1 fully saturated rings. The van der Waals surface area contributed by atoms with Crippen LogP contribution in [0.3, 0.4) is 0 Å². The summed E-state index contributed by atoms with van der Waals surface area (Å²) in [5.41, 5.74) is 11.1. The number of nitrogens with one attached hydrogen (secondary N) is 5. The zero-order chi connectivity index (χ0) is 36.6. The zero-order valence-corrected chi connectivity index (χ0v) is 27.6. The lowest BCUT2D eigenvalue weighted by atomic mass is 9.97. The SMILES string of the molecule is CC[C@H](C)[C@H](NC(=O)[C@@H]1CCCN1C(=O)[C@H](CCCCN)NC(=O)[C@H](CO)NC(=O)[C@H](CO)NC(=O)[C@H](C)N)C(=O)N[C@@H](CO)C(=O)O. The molecule has 1 rings (SSSR count). The van der Waals surface area contributed by atoms with E-state index in [0.29, 0.717) is 32.2 Å². The van der Waals surface area contributed by atoms with Gasteiger partial charge in [0.15, 0.2) is 0 Å². The van der Waals surface area contributed by atoms with Crippen LogP contribution in [-0.2, 0) is 33.6 Å². The number of hydrogen-bond acceptors (Lipinski definition) is 12. The Kier molecular flexibility index (Phi) is 18.5. The number of aliphatic hydroxyl groups excluding tert-OH is 3. The number of nitrogens with two attached hydrogens (primary N) is 2. The maximum Gasteiger partial charge on any atom is 0.328 e. The molecular formula is C29H52N8O11. The first kappa shape index (κ1) is 42.1. The molecule has 48 heavy (non-hydrogen) atoms. The number of rotatable bonds is 21. The van der Waals surface area contributed by atoms with E-state index in [4.69, 9.17) is 11.5 Å². The predicted molar refractivity (Wildman–Crippen MR) is 169 cm³/mol. The highest BCUT2D eigenvalue weighted by atomic mass is 16.4. The number of aliphatic hydroxyl groups is 3. The Hall–Kier alpha value is -3.91. The van der Waals surface area contributed by atoms with E-state index in [1.54, 1.807) is 13.8 Å². The second-order valence-electron chi connectivity index (χ2n) is 11.8. The highest BCUT2D eigenvalue weighted by molar-refractivity contribution is 5.97. The summed E-state index contributed by atoms with van der Waals surface area (Å²) in [6.07, 6.45) is 2.07. The number of likely N-dealkylation sites (tertiary alicyclic amines) is 1. The van der Waals surface area contributed by atoms with Crippen molar-refractivity contribution in [2.75, 3.05) is 32.9 Å². The summed E-state index contributed by atoms with van der Waals surface area (Å²) in [5, 5.41) is 49.7. The van der Waals surface area contributed by atoms with Gasteiger partial charge >= 0.3 is 5.97 Å². The van der Waals surface area contributed by atoms with Crippen LogP contribution in [0.2, 0.25) is 0 Å². The molecule has 0 aliphatic carbocycles. The Bertz CT molecular complexity index is 1120. The summed E-state index contributed by atoms with van der Waals surface area (Å²) in [4.78, 5) is 90.6. The van der Waals surface area contributed by atoms with Crippen LogP contribution >= 0.6 is 0 Å². The molecule has 0 aromatic heterocycles. The smallest absolute Gasteiger partial charge is 0.328 e. The monoisotopic (exact) mass is 688 g/mol. The molecule has 6 amide bonds. The van der Waals surface area contributed by atoms with E-state index in [0.717, 1.165) is 0 Å². The molecule has 19 heteroatoms. The molecule has 0 bridgehead atoms. The quantitative estimate of drug-likeness (QED) is 0.0504. The number of carbonyl (C=O) groups excluding carboxylic acids is 6. The molecule has 1 saturated heterocycles. The molecule has 0 aromatic rings. The van der Waals surface area contributed by atoms with Crippen molar-refractivity contribution in [1.82, 2.24) is 31.5 Å². The lowest BCUT2D eigenvalue weighted by molar-refractivity contribution is -0.144. The third kappa shape index (κ3) is 12.6. The van der Waals surface area contributed by atoms with Gasteiger partial charge in [-0.05, 0) is 51.5 Å². The Morgan fingerprint density at radius 3 is 1.77 bits per heavy atom. The minimum Gasteiger partial charge on any atom is -0.480 e. The van der Waals surface area contributed by atoms with Crippen molar-refractivity contribution in [2.24, 2.45) is 17.4 Å². The fraction of sp³-hybridized carbons (Fsp3) is 0.759. The number of hydrogen-bond donors (Lipinski definition) is 11. The van der Waals surface area contributed by atoms with Crippen molar-refractivity contribution < 1.29 is 54.0 Å². The van der Waals surface area contributed by atoms with Crippen LogP contribution in [0.25, 0.3) is 0 Å². The minimum absolute atomic E-state index is 0.0953. The normalized spacial score (nSPS) is 18.7.